The number of benzene rings is 3. The second kappa shape index (κ2) is 18.9. The first kappa shape index (κ1) is 45.3. The number of halogens is 1. The zero-order valence-electron chi connectivity index (χ0n) is 37.9. The Balaban J connectivity index is 0.721. The van der Waals surface area contributed by atoms with E-state index < -0.39 is 47.7 Å². The van der Waals surface area contributed by atoms with Gasteiger partial charge in [0.25, 0.3) is 22.9 Å². The van der Waals surface area contributed by atoms with Gasteiger partial charge < -0.3 is 29.9 Å². The van der Waals surface area contributed by atoms with Gasteiger partial charge in [0.2, 0.25) is 11.8 Å². The highest BCUT2D eigenvalue weighted by Crippen LogP contribution is 2.41. The molecule has 69 heavy (non-hydrogen) atoms. The molecule has 1 aliphatic carbocycles. The number of nitrogens with zero attached hydrogens (tertiary/aromatic N) is 6. The molecule has 0 bridgehead atoms. The number of pyridine rings is 3. The van der Waals surface area contributed by atoms with Crippen LogP contribution in [0.15, 0.2) is 101 Å². The van der Waals surface area contributed by atoms with Crippen LogP contribution < -0.4 is 32.0 Å². The molecule has 2 saturated heterocycles. The number of ether oxygens (including phenoxy) is 1. The molecule has 18 heteroatoms. The lowest BCUT2D eigenvalue weighted by Gasteiger charge is -2.35. The van der Waals surface area contributed by atoms with Crippen LogP contribution in [0.3, 0.4) is 0 Å². The number of carbonyl (C=O) groups is 4. The van der Waals surface area contributed by atoms with Crippen LogP contribution in [-0.2, 0) is 28.0 Å². The largest absolute Gasteiger partial charge is 0.392 e. The summed E-state index contributed by atoms with van der Waals surface area (Å²) in [5, 5.41) is 19.8. The number of nitrogens with one attached hydrogen (secondary N) is 3. The van der Waals surface area contributed by atoms with Crippen LogP contribution in [0.4, 0.5) is 27.3 Å². The van der Waals surface area contributed by atoms with Crippen molar-refractivity contribution in [1.29, 1.82) is 0 Å². The first-order valence-electron chi connectivity index (χ1n) is 23.1. The number of hydrogen-bond donors (Lipinski definition) is 4. The third-order valence-corrected chi connectivity index (χ3v) is 13.4. The van der Waals surface area contributed by atoms with Crippen molar-refractivity contribution < 1.29 is 33.4 Å². The number of piperazine rings is 1. The summed E-state index contributed by atoms with van der Waals surface area (Å²) in [4.78, 5) is 87.9. The Morgan fingerprint density at radius 1 is 0.855 bits per heavy atom. The predicted molar refractivity (Wildman–Crippen MR) is 257 cm³/mol. The average Bonchev–Trinajstić information content (AvgIpc) is 4.17. The molecule has 3 aliphatic heterocycles. The van der Waals surface area contributed by atoms with Gasteiger partial charge in [-0.1, -0.05) is 24.3 Å². The third kappa shape index (κ3) is 8.89. The fraction of sp³-hybridized carbons (Fsp3) is 0.314. The fourth-order valence-electron chi connectivity index (χ4n) is 9.61. The molecular weight excluding hydrogens is 886 g/mol. The molecule has 3 fully saturated rings. The number of fused-ring (bicyclic) bond motifs is 2. The number of piperidine rings is 1. The summed E-state index contributed by atoms with van der Waals surface area (Å²) in [7, 11) is 1.64. The highest BCUT2D eigenvalue weighted by Gasteiger charge is 2.45. The maximum Gasteiger partial charge on any atom is 0.274 e. The van der Waals surface area contributed by atoms with Gasteiger partial charge in [0, 0.05) is 81.9 Å². The molecule has 1 atom stereocenters. The molecule has 6 heterocycles. The topological polar surface area (TPSA) is 200 Å². The average molecular weight is 936 g/mol. The number of hydrogen-bond acceptors (Lipinski definition) is 13. The van der Waals surface area contributed by atoms with Crippen molar-refractivity contribution in [2.24, 2.45) is 7.05 Å². The molecule has 3 aromatic carbocycles. The zero-order chi connectivity index (χ0) is 47.9. The van der Waals surface area contributed by atoms with Crippen molar-refractivity contribution >= 4 is 57.3 Å². The highest BCUT2D eigenvalue weighted by atomic mass is 19.1. The van der Waals surface area contributed by atoms with Crippen LogP contribution in [0.2, 0.25) is 0 Å². The van der Waals surface area contributed by atoms with Gasteiger partial charge >= 0.3 is 0 Å². The summed E-state index contributed by atoms with van der Waals surface area (Å²) in [6, 6.07) is 19.7. The summed E-state index contributed by atoms with van der Waals surface area (Å²) < 4.78 is 24.1. The first-order valence-corrected chi connectivity index (χ1v) is 23.1. The summed E-state index contributed by atoms with van der Waals surface area (Å²) in [5.41, 5.74) is 4.26. The number of carbonyl (C=O) groups excluding carboxylic acids is 4. The van der Waals surface area contributed by atoms with E-state index >= 15 is 4.39 Å². The molecular formula is C51H50FN9O8. The minimum Gasteiger partial charge on any atom is -0.392 e. The van der Waals surface area contributed by atoms with Gasteiger partial charge in [-0.3, -0.25) is 48.5 Å². The number of aryl methyl sites for hydroxylation is 1. The van der Waals surface area contributed by atoms with Crippen LogP contribution in [0.25, 0.3) is 27.6 Å². The molecule has 0 spiro atoms. The number of aromatic nitrogens is 3. The maximum atomic E-state index is 15.4. The number of aliphatic hydroxyl groups excluding tert-OH is 1. The van der Waals surface area contributed by atoms with Crippen molar-refractivity contribution in [3.05, 3.63) is 140 Å². The monoisotopic (exact) mass is 935 g/mol. The fourth-order valence-corrected chi connectivity index (χ4v) is 9.61. The highest BCUT2D eigenvalue weighted by molar-refractivity contribution is 6.25. The first-order chi connectivity index (χ1) is 33.5. The van der Waals surface area contributed by atoms with E-state index in [0.29, 0.717) is 64.9 Å². The predicted octanol–water partition coefficient (Wildman–Crippen LogP) is 4.66. The summed E-state index contributed by atoms with van der Waals surface area (Å²) >= 11 is 0. The van der Waals surface area contributed by atoms with E-state index in [-0.39, 0.29) is 40.6 Å². The summed E-state index contributed by atoms with van der Waals surface area (Å²) in [5.74, 6) is -1.95. The number of anilines is 4. The number of imide groups is 2. The lowest BCUT2D eigenvalue weighted by Crippen LogP contribution is -2.54. The molecule has 1 saturated carbocycles. The lowest BCUT2D eigenvalue weighted by molar-refractivity contribution is -0.136. The van der Waals surface area contributed by atoms with Gasteiger partial charge in [0.05, 0.1) is 53.9 Å². The van der Waals surface area contributed by atoms with Crippen molar-refractivity contribution in [2.75, 3.05) is 68.0 Å². The lowest BCUT2D eigenvalue weighted by atomic mass is 9.98. The Labute approximate surface area is 395 Å². The third-order valence-electron chi connectivity index (χ3n) is 13.4. The maximum absolute atomic E-state index is 15.4. The van der Waals surface area contributed by atoms with Crippen molar-refractivity contribution in [3.8, 4) is 16.8 Å². The Kier molecular flexibility index (Phi) is 12.4. The van der Waals surface area contributed by atoms with Gasteiger partial charge in [0.1, 0.15) is 23.4 Å². The number of rotatable bonds is 15. The number of aliphatic hydroxyl groups is 1. The van der Waals surface area contributed by atoms with Crippen LogP contribution in [0.5, 0.6) is 0 Å². The Bertz CT molecular complexity index is 3160. The summed E-state index contributed by atoms with van der Waals surface area (Å²) in [6.45, 7) is 4.72. The van der Waals surface area contributed by atoms with Crippen molar-refractivity contribution in [3.63, 3.8) is 0 Å². The van der Waals surface area contributed by atoms with E-state index in [1.165, 1.54) is 15.2 Å². The Hall–Kier alpha value is -7.54. The molecule has 354 valence electrons. The van der Waals surface area contributed by atoms with E-state index in [9.17, 15) is 33.9 Å². The number of amides is 4. The van der Waals surface area contributed by atoms with Crippen LogP contribution in [-0.4, -0.2) is 111 Å². The van der Waals surface area contributed by atoms with Gasteiger partial charge in [-0.15, -0.1) is 0 Å². The molecule has 0 radical (unpaired) electrons. The van der Waals surface area contributed by atoms with Crippen LogP contribution in [0.1, 0.15) is 63.4 Å². The van der Waals surface area contributed by atoms with E-state index in [4.69, 9.17) is 4.74 Å². The molecule has 4 aliphatic rings. The second-order valence-corrected chi connectivity index (χ2v) is 17.8. The van der Waals surface area contributed by atoms with E-state index in [2.05, 4.69) is 30.7 Å². The normalized spacial score (nSPS) is 17.4. The van der Waals surface area contributed by atoms with Gasteiger partial charge in [0.15, 0.2) is 0 Å². The van der Waals surface area contributed by atoms with Crippen molar-refractivity contribution in [1.82, 2.24) is 29.2 Å². The standard InChI is InChI=1S/C51H50FN9O8/c1-57-28-33(35-4-3-7-41(37(35)29-62)60-16-14-31-24-32(30-8-9-30)25-38(52)45(31)50(60)67)26-40(49(57)66)55-43-12-10-34(27-54-43)59-19-17-58(18-20-59)21-23-69-22-15-53-39-6-2-5-36-46(39)51(68)61(48(36)65)42-11-13-44(63)56-47(42)64/h2-7,10,12,14,16,24-28,30,42,53,62H,8-9,11,13,15,17-23,29H2,1H3,(H,54,55)(H,56,63,64). The quantitative estimate of drug-likeness (QED) is 0.0820. The minimum atomic E-state index is -1.03. The van der Waals surface area contributed by atoms with Crippen LogP contribution >= 0.6 is 0 Å². The molecule has 17 nitrogen and oxygen atoms in total. The van der Waals surface area contributed by atoms with E-state index in [0.717, 1.165) is 61.7 Å². The SMILES string of the molecule is Cn1cc(-c2cccc(-n3ccc4cc(C5CC5)cc(F)c4c3=O)c2CO)cc(Nc2ccc(N3CCN(CCOCCNc4cccc5c4C(=O)N(C4CCC(=O)NC4=O)C5=O)CC3)cn2)c1=O. The van der Waals surface area contributed by atoms with E-state index in [1.54, 1.807) is 74.2 Å². The molecule has 3 aromatic heterocycles. The smallest absolute Gasteiger partial charge is 0.274 e. The molecule has 4 N–H and O–H groups in total. The van der Waals surface area contributed by atoms with E-state index in [1.807, 2.05) is 18.2 Å². The second-order valence-electron chi connectivity index (χ2n) is 17.8. The zero-order valence-corrected chi connectivity index (χ0v) is 37.9. The van der Waals surface area contributed by atoms with Crippen LogP contribution in [0, 0.1) is 5.82 Å². The molecule has 1 unspecified atom stereocenters. The summed E-state index contributed by atoms with van der Waals surface area (Å²) in [6.07, 6.45) is 7.22. The minimum absolute atomic E-state index is 0.00464. The van der Waals surface area contributed by atoms with Crippen molar-refractivity contribution in [2.45, 2.75) is 44.2 Å². The molecule has 6 aromatic rings. The Morgan fingerprint density at radius 3 is 2.41 bits per heavy atom. The van der Waals surface area contributed by atoms with Gasteiger partial charge in [-0.2, -0.15) is 0 Å². The van der Waals surface area contributed by atoms with Gasteiger partial charge in [-0.05, 0) is 90.2 Å². The molecule has 10 rings (SSSR count). The van der Waals surface area contributed by atoms with Gasteiger partial charge in [-0.25, -0.2) is 9.37 Å². The molecule has 4 amide bonds. The Morgan fingerprint density at radius 2 is 1.65 bits per heavy atom.